The van der Waals surface area contributed by atoms with Crippen molar-refractivity contribution in [3.63, 3.8) is 0 Å². The quantitative estimate of drug-likeness (QED) is 0.859. The Bertz CT molecular complexity index is 549. The molecule has 0 aliphatic heterocycles. The Morgan fingerprint density at radius 3 is 1.79 bits per heavy atom. The predicted octanol–water partition coefficient (Wildman–Crippen LogP) is 2.85. The van der Waals surface area contributed by atoms with E-state index in [1.807, 2.05) is 0 Å². The molecule has 0 aromatic heterocycles. The molecule has 0 amide bonds. The lowest BCUT2D eigenvalue weighted by molar-refractivity contribution is -0.885. The summed E-state index contributed by atoms with van der Waals surface area (Å²) in [4.78, 5) is 1.45. The lowest BCUT2D eigenvalue weighted by Crippen LogP contribution is -3.06. The average Bonchev–Trinajstić information content (AvgIpc) is 2.35. The number of hydrogen-bond donors (Lipinski definition) is 1. The minimum absolute atomic E-state index is 0.405. The zero-order valence-corrected chi connectivity index (χ0v) is 12.6. The number of rotatable bonds is 3. The van der Waals surface area contributed by atoms with Crippen LogP contribution in [-0.4, -0.2) is 14.1 Å². The normalized spacial score (nSPS) is 12.7. The molecule has 0 bridgehead atoms. The van der Waals surface area contributed by atoms with E-state index in [0.717, 1.165) is 0 Å². The van der Waals surface area contributed by atoms with Gasteiger partial charge < -0.3 is 4.90 Å². The molecule has 0 heterocycles. The zero-order chi connectivity index (χ0) is 14.0. The van der Waals surface area contributed by atoms with Crippen molar-refractivity contribution in [2.75, 3.05) is 14.1 Å². The zero-order valence-electron chi connectivity index (χ0n) is 12.6. The average molecular weight is 254 g/mol. The minimum atomic E-state index is 0.405. The van der Waals surface area contributed by atoms with E-state index in [0.29, 0.717) is 6.04 Å². The van der Waals surface area contributed by atoms with Gasteiger partial charge in [0.05, 0.1) is 14.1 Å². The van der Waals surface area contributed by atoms with Crippen LogP contribution in [-0.2, 0) is 0 Å². The van der Waals surface area contributed by atoms with Gasteiger partial charge in [-0.1, -0.05) is 42.5 Å². The molecule has 1 nitrogen and oxygen atoms in total. The van der Waals surface area contributed by atoms with Crippen molar-refractivity contribution in [2.45, 2.75) is 26.8 Å². The highest BCUT2D eigenvalue weighted by Gasteiger charge is 2.24. The maximum Gasteiger partial charge on any atom is 0.139 e. The second kappa shape index (κ2) is 5.58. The second-order valence-electron chi connectivity index (χ2n) is 5.67. The molecule has 1 atom stereocenters. The van der Waals surface area contributed by atoms with Crippen LogP contribution in [0.1, 0.15) is 33.9 Å². The first-order valence-electron chi connectivity index (χ1n) is 6.94. The third-order valence-corrected chi connectivity index (χ3v) is 3.91. The highest BCUT2D eigenvalue weighted by molar-refractivity contribution is 5.42. The second-order valence-corrected chi connectivity index (χ2v) is 5.67. The first kappa shape index (κ1) is 13.8. The lowest BCUT2D eigenvalue weighted by atomic mass is 9.88. The van der Waals surface area contributed by atoms with Gasteiger partial charge in [0, 0.05) is 11.1 Å². The Balaban J connectivity index is 2.63. The first-order chi connectivity index (χ1) is 9.02. The van der Waals surface area contributed by atoms with Crippen molar-refractivity contribution in [3.05, 3.63) is 70.3 Å². The van der Waals surface area contributed by atoms with Crippen molar-refractivity contribution in [1.82, 2.24) is 0 Å². The summed E-state index contributed by atoms with van der Waals surface area (Å²) in [5.41, 5.74) is 7.04. The van der Waals surface area contributed by atoms with Gasteiger partial charge in [-0.05, 0) is 37.5 Å². The van der Waals surface area contributed by atoms with Gasteiger partial charge in [0.25, 0.3) is 0 Å². The molecule has 0 saturated heterocycles. The molecule has 2 aromatic carbocycles. The summed E-state index contributed by atoms with van der Waals surface area (Å²) in [6, 6.07) is 15.7. The van der Waals surface area contributed by atoms with Crippen LogP contribution in [0.25, 0.3) is 0 Å². The van der Waals surface area contributed by atoms with E-state index in [-0.39, 0.29) is 0 Å². The van der Waals surface area contributed by atoms with Gasteiger partial charge in [0.1, 0.15) is 6.04 Å². The number of benzene rings is 2. The number of aryl methyl sites for hydroxylation is 3. The van der Waals surface area contributed by atoms with E-state index >= 15 is 0 Å². The Morgan fingerprint density at radius 2 is 1.26 bits per heavy atom. The number of nitrogens with one attached hydrogen (secondary N) is 1. The molecule has 100 valence electrons. The largest absolute Gasteiger partial charge is 0.330 e. The highest BCUT2D eigenvalue weighted by Crippen LogP contribution is 2.27. The molecule has 0 fully saturated rings. The van der Waals surface area contributed by atoms with Crippen LogP contribution in [0, 0.1) is 20.8 Å². The molecule has 0 spiro atoms. The molecule has 1 N–H and O–H groups in total. The molecule has 2 aromatic rings. The van der Waals surface area contributed by atoms with Crippen molar-refractivity contribution < 1.29 is 4.90 Å². The summed E-state index contributed by atoms with van der Waals surface area (Å²) >= 11 is 0. The van der Waals surface area contributed by atoms with Crippen molar-refractivity contribution in [3.8, 4) is 0 Å². The fourth-order valence-corrected chi connectivity index (χ4v) is 2.95. The maximum absolute atomic E-state index is 2.26. The SMILES string of the molecule is Cc1ccccc1[C@H](c1c(C)cccc1C)[NH+](C)C. The molecule has 0 aliphatic carbocycles. The minimum Gasteiger partial charge on any atom is -0.330 e. The Labute approximate surface area is 116 Å². The fraction of sp³-hybridized carbons (Fsp3) is 0.333. The van der Waals surface area contributed by atoms with Gasteiger partial charge in [-0.25, -0.2) is 0 Å². The first-order valence-corrected chi connectivity index (χ1v) is 6.94. The number of quaternary nitrogens is 1. The van der Waals surface area contributed by atoms with Gasteiger partial charge in [0.2, 0.25) is 0 Å². The predicted molar refractivity (Wildman–Crippen MR) is 81.7 cm³/mol. The van der Waals surface area contributed by atoms with Crippen LogP contribution in [0.15, 0.2) is 42.5 Å². The summed E-state index contributed by atoms with van der Waals surface area (Å²) in [7, 11) is 4.48. The molecular formula is C18H24N+. The van der Waals surface area contributed by atoms with Crippen LogP contribution < -0.4 is 4.90 Å². The molecule has 0 unspecified atom stereocenters. The molecule has 2 rings (SSSR count). The molecule has 0 radical (unpaired) electrons. The molecular weight excluding hydrogens is 230 g/mol. The summed E-state index contributed by atoms with van der Waals surface area (Å²) in [5.74, 6) is 0. The van der Waals surface area contributed by atoms with Crippen molar-refractivity contribution >= 4 is 0 Å². The summed E-state index contributed by atoms with van der Waals surface area (Å²) in [6.07, 6.45) is 0. The van der Waals surface area contributed by atoms with E-state index in [2.05, 4.69) is 77.3 Å². The van der Waals surface area contributed by atoms with E-state index in [4.69, 9.17) is 0 Å². The van der Waals surface area contributed by atoms with Crippen LogP contribution in [0.5, 0.6) is 0 Å². The Morgan fingerprint density at radius 1 is 0.737 bits per heavy atom. The Hall–Kier alpha value is -1.60. The molecule has 1 heteroatoms. The van der Waals surface area contributed by atoms with Gasteiger partial charge >= 0.3 is 0 Å². The summed E-state index contributed by atoms with van der Waals surface area (Å²) in [5, 5.41) is 0. The van der Waals surface area contributed by atoms with Crippen LogP contribution in [0.3, 0.4) is 0 Å². The lowest BCUT2D eigenvalue weighted by Gasteiger charge is -2.26. The summed E-state index contributed by atoms with van der Waals surface area (Å²) < 4.78 is 0. The van der Waals surface area contributed by atoms with Crippen LogP contribution in [0.2, 0.25) is 0 Å². The number of hydrogen-bond acceptors (Lipinski definition) is 0. The van der Waals surface area contributed by atoms with Crippen molar-refractivity contribution in [2.24, 2.45) is 0 Å². The standard InChI is InChI=1S/C18H23N/c1-13-9-6-7-12-16(13)18(19(4)5)17-14(2)10-8-11-15(17)3/h6-12,18H,1-5H3/p+1/t18-/m1/s1. The topological polar surface area (TPSA) is 4.44 Å². The van der Waals surface area contributed by atoms with Crippen LogP contribution >= 0.6 is 0 Å². The third-order valence-electron chi connectivity index (χ3n) is 3.91. The van der Waals surface area contributed by atoms with Gasteiger partial charge in [-0.15, -0.1) is 0 Å². The monoisotopic (exact) mass is 254 g/mol. The van der Waals surface area contributed by atoms with Gasteiger partial charge in [0.15, 0.2) is 0 Å². The van der Waals surface area contributed by atoms with Gasteiger partial charge in [-0.3, -0.25) is 0 Å². The van der Waals surface area contributed by atoms with E-state index in [1.165, 1.54) is 32.7 Å². The molecule has 0 saturated carbocycles. The molecule has 19 heavy (non-hydrogen) atoms. The fourth-order valence-electron chi connectivity index (χ4n) is 2.95. The van der Waals surface area contributed by atoms with Crippen LogP contribution in [0.4, 0.5) is 0 Å². The van der Waals surface area contributed by atoms with E-state index in [1.54, 1.807) is 0 Å². The third kappa shape index (κ3) is 2.71. The highest BCUT2D eigenvalue weighted by atomic mass is 15.1. The smallest absolute Gasteiger partial charge is 0.139 e. The maximum atomic E-state index is 2.26. The van der Waals surface area contributed by atoms with E-state index in [9.17, 15) is 0 Å². The Kier molecular flexibility index (Phi) is 4.06. The van der Waals surface area contributed by atoms with E-state index < -0.39 is 0 Å². The summed E-state index contributed by atoms with van der Waals surface area (Å²) in [6.45, 7) is 6.64. The van der Waals surface area contributed by atoms with Gasteiger partial charge in [-0.2, -0.15) is 0 Å². The molecule has 0 aliphatic rings. The van der Waals surface area contributed by atoms with Crippen molar-refractivity contribution in [1.29, 1.82) is 0 Å².